The summed E-state index contributed by atoms with van der Waals surface area (Å²) in [5.41, 5.74) is 0.782. The van der Waals surface area contributed by atoms with Crippen molar-refractivity contribution < 1.29 is 14.5 Å². The van der Waals surface area contributed by atoms with Gasteiger partial charge in [-0.3, -0.25) is 14.9 Å². The largest absolute Gasteiger partial charge is 0.495 e. The first kappa shape index (κ1) is 18.0. The van der Waals surface area contributed by atoms with Crippen LogP contribution in [0.4, 0.5) is 11.4 Å². The van der Waals surface area contributed by atoms with Gasteiger partial charge in [0.2, 0.25) is 5.91 Å². The van der Waals surface area contributed by atoms with Crippen molar-refractivity contribution in [2.45, 2.75) is 12.8 Å². The first-order valence-corrected chi connectivity index (χ1v) is 7.73. The Morgan fingerprint density at radius 1 is 1.25 bits per heavy atom. The number of ether oxygens (including phenoxy) is 1. The van der Waals surface area contributed by atoms with E-state index < -0.39 is 4.92 Å². The van der Waals surface area contributed by atoms with E-state index in [1.807, 2.05) is 0 Å². The molecule has 0 aliphatic heterocycles. The lowest BCUT2D eigenvalue weighted by molar-refractivity contribution is -0.384. The summed E-state index contributed by atoms with van der Waals surface area (Å²) in [7, 11) is 1.42. The molecule has 126 valence electrons. The Labute approximate surface area is 148 Å². The minimum atomic E-state index is -0.543. The molecule has 0 aliphatic carbocycles. The van der Waals surface area contributed by atoms with Gasteiger partial charge >= 0.3 is 0 Å². The van der Waals surface area contributed by atoms with E-state index in [2.05, 4.69) is 5.32 Å². The molecule has 0 saturated heterocycles. The molecule has 1 N–H and O–H groups in total. The Hall–Kier alpha value is -2.31. The zero-order valence-corrected chi connectivity index (χ0v) is 14.2. The molecule has 0 heterocycles. The van der Waals surface area contributed by atoms with E-state index in [4.69, 9.17) is 27.9 Å². The molecule has 0 bridgehead atoms. The fourth-order valence-corrected chi connectivity index (χ4v) is 2.72. The highest BCUT2D eigenvalue weighted by Crippen LogP contribution is 2.29. The molecule has 0 unspecified atom stereocenters. The van der Waals surface area contributed by atoms with Crippen molar-refractivity contribution in [2.75, 3.05) is 12.4 Å². The number of anilines is 1. The van der Waals surface area contributed by atoms with Crippen LogP contribution in [-0.2, 0) is 11.2 Å². The molecule has 0 radical (unpaired) electrons. The number of nitrogens with one attached hydrogen (secondary N) is 1. The van der Waals surface area contributed by atoms with Gasteiger partial charge < -0.3 is 10.1 Å². The number of hydrogen-bond donors (Lipinski definition) is 1. The first-order valence-electron chi connectivity index (χ1n) is 6.97. The summed E-state index contributed by atoms with van der Waals surface area (Å²) in [4.78, 5) is 22.4. The van der Waals surface area contributed by atoms with Crippen molar-refractivity contribution >= 4 is 40.5 Å². The first-order chi connectivity index (χ1) is 11.4. The van der Waals surface area contributed by atoms with Crippen LogP contribution in [0.3, 0.4) is 0 Å². The number of hydrogen-bond acceptors (Lipinski definition) is 4. The number of carbonyl (C=O) groups is 1. The predicted octanol–water partition coefficient (Wildman–Crippen LogP) is 4.48. The summed E-state index contributed by atoms with van der Waals surface area (Å²) in [6, 6.07) is 9.10. The average Bonchev–Trinajstić information content (AvgIpc) is 2.54. The Morgan fingerprint density at radius 3 is 2.50 bits per heavy atom. The SMILES string of the molecule is COc1ccc([N+](=O)[O-])cc1NC(=O)CCc1c(Cl)cccc1Cl. The fraction of sp³-hybridized carbons (Fsp3) is 0.188. The Morgan fingerprint density at radius 2 is 1.92 bits per heavy atom. The van der Waals surface area contributed by atoms with Crippen molar-refractivity contribution in [3.63, 3.8) is 0 Å². The minimum absolute atomic E-state index is 0.120. The highest BCUT2D eigenvalue weighted by Gasteiger charge is 2.14. The van der Waals surface area contributed by atoms with Crippen LogP contribution in [0.5, 0.6) is 5.75 Å². The maximum absolute atomic E-state index is 12.1. The molecule has 0 aliphatic rings. The predicted molar refractivity (Wildman–Crippen MR) is 93.1 cm³/mol. The highest BCUT2D eigenvalue weighted by atomic mass is 35.5. The number of non-ortho nitro benzene ring substituents is 1. The van der Waals surface area contributed by atoms with Crippen LogP contribution in [0.25, 0.3) is 0 Å². The summed E-state index contributed by atoms with van der Waals surface area (Å²) in [6.45, 7) is 0. The molecule has 0 aromatic heterocycles. The van der Waals surface area contributed by atoms with Crippen LogP contribution in [0.15, 0.2) is 36.4 Å². The lowest BCUT2D eigenvalue weighted by atomic mass is 10.1. The Bertz CT molecular complexity index is 760. The number of benzene rings is 2. The zero-order chi connectivity index (χ0) is 17.7. The third-order valence-corrected chi connectivity index (χ3v) is 4.04. The number of amides is 1. The van der Waals surface area contributed by atoms with E-state index in [0.717, 1.165) is 0 Å². The number of rotatable bonds is 6. The van der Waals surface area contributed by atoms with E-state index in [-0.39, 0.29) is 23.7 Å². The molecule has 0 atom stereocenters. The maximum Gasteiger partial charge on any atom is 0.271 e. The summed E-state index contributed by atoms with van der Waals surface area (Å²) in [5, 5.41) is 14.4. The second-order valence-corrected chi connectivity index (χ2v) is 5.70. The molecule has 8 heteroatoms. The van der Waals surface area contributed by atoms with Gasteiger partial charge in [0, 0.05) is 28.6 Å². The molecule has 6 nitrogen and oxygen atoms in total. The lowest BCUT2D eigenvalue weighted by Crippen LogP contribution is -2.13. The van der Waals surface area contributed by atoms with Crippen molar-refractivity contribution in [1.29, 1.82) is 0 Å². The summed E-state index contributed by atoms with van der Waals surface area (Å²) >= 11 is 12.1. The second kappa shape index (κ2) is 7.99. The molecular weight excluding hydrogens is 355 g/mol. The molecule has 0 spiro atoms. The third-order valence-electron chi connectivity index (χ3n) is 3.33. The summed E-state index contributed by atoms with van der Waals surface area (Å²) in [5.74, 6) is 0.00881. The number of carbonyl (C=O) groups excluding carboxylic acids is 1. The second-order valence-electron chi connectivity index (χ2n) is 4.89. The van der Waals surface area contributed by atoms with E-state index in [1.54, 1.807) is 18.2 Å². The van der Waals surface area contributed by atoms with Crippen LogP contribution in [-0.4, -0.2) is 17.9 Å². The monoisotopic (exact) mass is 368 g/mol. The molecule has 2 aromatic rings. The van der Waals surface area contributed by atoms with E-state index in [9.17, 15) is 14.9 Å². The highest BCUT2D eigenvalue weighted by molar-refractivity contribution is 6.36. The van der Waals surface area contributed by atoms with Gasteiger partial charge in [-0.2, -0.15) is 0 Å². The molecule has 0 fully saturated rings. The van der Waals surface area contributed by atoms with Crippen molar-refractivity contribution in [1.82, 2.24) is 0 Å². The topological polar surface area (TPSA) is 81.5 Å². The van der Waals surface area contributed by atoms with Crippen molar-refractivity contribution in [2.24, 2.45) is 0 Å². The van der Waals surface area contributed by atoms with Gasteiger partial charge in [-0.25, -0.2) is 0 Å². The zero-order valence-electron chi connectivity index (χ0n) is 12.7. The molecular formula is C16H14Cl2N2O4. The van der Waals surface area contributed by atoms with E-state index >= 15 is 0 Å². The minimum Gasteiger partial charge on any atom is -0.495 e. The van der Waals surface area contributed by atoms with Gasteiger partial charge in [-0.1, -0.05) is 29.3 Å². The number of nitro groups is 1. The summed E-state index contributed by atoms with van der Waals surface area (Å²) in [6.07, 6.45) is 0.469. The third kappa shape index (κ3) is 4.37. The fourth-order valence-electron chi connectivity index (χ4n) is 2.13. The van der Waals surface area contributed by atoms with Gasteiger partial charge in [-0.15, -0.1) is 0 Å². The van der Waals surface area contributed by atoms with Crippen LogP contribution >= 0.6 is 23.2 Å². The number of methoxy groups -OCH3 is 1. The van der Waals surface area contributed by atoms with Crippen LogP contribution < -0.4 is 10.1 Å². The molecule has 2 aromatic carbocycles. The lowest BCUT2D eigenvalue weighted by Gasteiger charge is -2.11. The van der Waals surface area contributed by atoms with E-state index in [0.29, 0.717) is 27.8 Å². The van der Waals surface area contributed by atoms with Crippen molar-refractivity contribution in [3.05, 3.63) is 62.1 Å². The number of halogens is 2. The standard InChI is InChI=1S/C16H14Cl2N2O4/c1-24-15-7-5-10(20(22)23)9-14(15)19-16(21)8-6-11-12(17)3-2-4-13(11)18/h2-5,7,9H,6,8H2,1H3,(H,19,21). The molecule has 1 amide bonds. The van der Waals surface area contributed by atoms with Gasteiger partial charge in [-0.05, 0) is 30.2 Å². The van der Waals surface area contributed by atoms with Crippen LogP contribution in [0.2, 0.25) is 10.0 Å². The number of nitrogens with zero attached hydrogens (tertiary/aromatic N) is 1. The average molecular weight is 369 g/mol. The quantitative estimate of drug-likeness (QED) is 0.601. The van der Waals surface area contributed by atoms with E-state index in [1.165, 1.54) is 25.3 Å². The normalized spacial score (nSPS) is 10.3. The van der Waals surface area contributed by atoms with Gasteiger partial charge in [0.15, 0.2) is 0 Å². The van der Waals surface area contributed by atoms with Gasteiger partial charge in [0.25, 0.3) is 5.69 Å². The van der Waals surface area contributed by atoms with Crippen molar-refractivity contribution in [3.8, 4) is 5.75 Å². The van der Waals surface area contributed by atoms with Gasteiger partial charge in [0.1, 0.15) is 5.75 Å². The number of nitro benzene ring substituents is 1. The molecule has 2 rings (SSSR count). The maximum atomic E-state index is 12.1. The molecule has 0 saturated carbocycles. The van der Waals surface area contributed by atoms with Crippen LogP contribution in [0, 0.1) is 10.1 Å². The van der Waals surface area contributed by atoms with Crippen LogP contribution in [0.1, 0.15) is 12.0 Å². The smallest absolute Gasteiger partial charge is 0.271 e. The Balaban J connectivity index is 2.09. The summed E-state index contributed by atoms with van der Waals surface area (Å²) < 4.78 is 5.10. The Kier molecular flexibility index (Phi) is 6.00. The molecule has 24 heavy (non-hydrogen) atoms. The van der Waals surface area contributed by atoms with Gasteiger partial charge in [0.05, 0.1) is 17.7 Å².